The minimum Gasteiger partial charge on any atom is -0.442 e. The summed E-state index contributed by atoms with van der Waals surface area (Å²) in [5.74, 6) is 0.0949. The predicted octanol–water partition coefficient (Wildman–Crippen LogP) is 3.96. The van der Waals surface area contributed by atoms with Crippen molar-refractivity contribution < 1.29 is 14.3 Å². The number of halogens is 1. The monoisotopic (exact) mass is 378 g/mol. The lowest BCUT2D eigenvalue weighted by Gasteiger charge is -2.28. The zero-order valence-electron chi connectivity index (χ0n) is 15.3. The minimum absolute atomic E-state index is 0.164. The number of rotatable bonds is 5. The van der Waals surface area contributed by atoms with E-state index >= 15 is 0 Å². The molecule has 0 aliphatic rings. The molecular weight excluding hydrogens is 356 g/mol. The molecule has 0 spiro atoms. The first-order valence-electron chi connectivity index (χ1n) is 8.21. The van der Waals surface area contributed by atoms with Crippen molar-refractivity contribution in [1.29, 1.82) is 0 Å². The van der Waals surface area contributed by atoms with Crippen LogP contribution in [0, 0.1) is 6.92 Å². The van der Waals surface area contributed by atoms with Gasteiger partial charge in [-0.15, -0.1) is 11.6 Å². The maximum atomic E-state index is 12.7. The Morgan fingerprint density at radius 3 is 2.62 bits per heavy atom. The van der Waals surface area contributed by atoms with E-state index in [1.165, 1.54) is 9.80 Å². The fourth-order valence-electron chi connectivity index (χ4n) is 2.26. The number of hydrogen-bond donors (Lipinski definition) is 1. The highest BCUT2D eigenvalue weighted by atomic mass is 35.5. The first-order chi connectivity index (χ1) is 12.2. The standard InChI is InChI=1S/C18H23ClN4O3/c1-13-12-14(21-16(24)8-9-19)6-7-15(13)23(22-11-5-10-20-22)17(25)26-18(2,3)4/h5-7,10-12H,8-9H2,1-4H3,(H,21,24). The van der Waals surface area contributed by atoms with Gasteiger partial charge in [0.1, 0.15) is 5.60 Å². The maximum Gasteiger partial charge on any atom is 0.435 e. The molecule has 0 atom stereocenters. The number of aromatic nitrogens is 2. The SMILES string of the molecule is Cc1cc(NC(=O)CCCl)ccc1N(C(=O)OC(C)(C)C)n1cccn1. The Labute approximate surface area is 157 Å². The first kappa shape index (κ1) is 19.8. The highest BCUT2D eigenvalue weighted by Crippen LogP contribution is 2.26. The largest absolute Gasteiger partial charge is 0.442 e. The molecule has 0 saturated carbocycles. The smallest absolute Gasteiger partial charge is 0.435 e. The van der Waals surface area contributed by atoms with Crippen LogP contribution in [0.2, 0.25) is 0 Å². The summed E-state index contributed by atoms with van der Waals surface area (Å²) in [6, 6.07) is 6.95. The molecule has 8 heteroatoms. The molecule has 2 amide bonds. The number of nitrogens with one attached hydrogen (secondary N) is 1. The first-order valence-corrected chi connectivity index (χ1v) is 8.74. The van der Waals surface area contributed by atoms with Crippen LogP contribution in [0.1, 0.15) is 32.8 Å². The van der Waals surface area contributed by atoms with Crippen molar-refractivity contribution >= 4 is 35.0 Å². The molecule has 0 aliphatic carbocycles. The topological polar surface area (TPSA) is 76.5 Å². The zero-order valence-corrected chi connectivity index (χ0v) is 16.1. The van der Waals surface area contributed by atoms with Gasteiger partial charge in [-0.05, 0) is 57.5 Å². The van der Waals surface area contributed by atoms with Crippen LogP contribution in [-0.4, -0.2) is 33.4 Å². The number of benzene rings is 1. The van der Waals surface area contributed by atoms with Crippen LogP contribution < -0.4 is 10.3 Å². The highest BCUT2D eigenvalue weighted by molar-refractivity contribution is 6.19. The fourth-order valence-corrected chi connectivity index (χ4v) is 2.43. The van der Waals surface area contributed by atoms with Gasteiger partial charge in [0.15, 0.2) is 0 Å². The number of carbonyl (C=O) groups is 2. The van der Waals surface area contributed by atoms with Crippen LogP contribution in [0.4, 0.5) is 16.2 Å². The molecule has 0 unspecified atom stereocenters. The Morgan fingerprint density at radius 2 is 2.08 bits per heavy atom. The van der Waals surface area contributed by atoms with E-state index < -0.39 is 11.7 Å². The second kappa shape index (κ2) is 8.23. The molecule has 0 fully saturated rings. The number of ether oxygens (including phenoxy) is 1. The van der Waals surface area contributed by atoms with Crippen molar-refractivity contribution in [1.82, 2.24) is 9.89 Å². The molecule has 26 heavy (non-hydrogen) atoms. The van der Waals surface area contributed by atoms with E-state index in [-0.39, 0.29) is 18.2 Å². The van der Waals surface area contributed by atoms with Crippen molar-refractivity contribution in [3.63, 3.8) is 0 Å². The van der Waals surface area contributed by atoms with Gasteiger partial charge in [0.25, 0.3) is 0 Å². The average molecular weight is 379 g/mol. The van der Waals surface area contributed by atoms with E-state index in [0.29, 0.717) is 11.4 Å². The third-order valence-electron chi connectivity index (χ3n) is 3.29. The minimum atomic E-state index is -0.647. The van der Waals surface area contributed by atoms with Crippen molar-refractivity contribution in [3.8, 4) is 0 Å². The molecule has 2 aromatic rings. The summed E-state index contributed by atoms with van der Waals surface area (Å²) in [5, 5.41) is 8.25. The Hall–Kier alpha value is -2.54. The number of aryl methyl sites for hydroxylation is 1. The molecule has 1 heterocycles. The van der Waals surface area contributed by atoms with Crippen LogP contribution in [0.15, 0.2) is 36.7 Å². The van der Waals surface area contributed by atoms with Crippen LogP contribution >= 0.6 is 11.6 Å². The third kappa shape index (κ3) is 5.23. The summed E-state index contributed by atoms with van der Waals surface area (Å²) < 4.78 is 5.50. The van der Waals surface area contributed by atoms with Crippen molar-refractivity contribution in [2.45, 2.75) is 39.7 Å². The van der Waals surface area contributed by atoms with Gasteiger partial charge in [-0.2, -0.15) is 14.9 Å². The number of alkyl halides is 1. The zero-order chi connectivity index (χ0) is 19.3. The summed E-state index contributed by atoms with van der Waals surface area (Å²) in [5.41, 5.74) is 1.35. The molecule has 0 saturated heterocycles. The van der Waals surface area contributed by atoms with E-state index in [9.17, 15) is 9.59 Å². The van der Waals surface area contributed by atoms with E-state index in [2.05, 4.69) is 10.4 Å². The summed E-state index contributed by atoms with van der Waals surface area (Å²) >= 11 is 5.58. The summed E-state index contributed by atoms with van der Waals surface area (Å²) in [4.78, 5) is 25.8. The van der Waals surface area contributed by atoms with Gasteiger partial charge in [-0.1, -0.05) is 0 Å². The number of nitrogens with zero attached hydrogens (tertiary/aromatic N) is 3. The van der Waals surface area contributed by atoms with Crippen molar-refractivity contribution in [2.75, 3.05) is 16.2 Å². The summed E-state index contributed by atoms with van der Waals surface area (Å²) in [7, 11) is 0. The van der Waals surface area contributed by atoms with Crippen LogP contribution in [0.25, 0.3) is 0 Å². The van der Waals surface area contributed by atoms with Gasteiger partial charge < -0.3 is 10.1 Å². The second-order valence-electron chi connectivity index (χ2n) is 6.71. The van der Waals surface area contributed by atoms with Crippen molar-refractivity contribution in [3.05, 3.63) is 42.2 Å². The molecule has 0 aliphatic heterocycles. The molecule has 0 bridgehead atoms. The number of carbonyl (C=O) groups excluding carboxylic acids is 2. The normalized spacial score (nSPS) is 11.1. The summed E-state index contributed by atoms with van der Waals surface area (Å²) in [6.45, 7) is 7.24. The third-order valence-corrected chi connectivity index (χ3v) is 3.48. The molecule has 2 rings (SSSR count). The van der Waals surface area contributed by atoms with Crippen LogP contribution in [0.3, 0.4) is 0 Å². The molecule has 7 nitrogen and oxygen atoms in total. The predicted molar refractivity (Wildman–Crippen MR) is 101 cm³/mol. The second-order valence-corrected chi connectivity index (χ2v) is 7.08. The van der Waals surface area contributed by atoms with Gasteiger partial charge >= 0.3 is 6.09 Å². The molecule has 1 N–H and O–H groups in total. The fraction of sp³-hybridized carbons (Fsp3) is 0.389. The molecular formula is C18H23ClN4O3. The van der Waals surface area contributed by atoms with E-state index in [0.717, 1.165) is 5.56 Å². The molecule has 140 valence electrons. The Kier molecular flexibility index (Phi) is 6.26. The Balaban J connectivity index is 2.33. The van der Waals surface area contributed by atoms with E-state index in [4.69, 9.17) is 16.3 Å². The van der Waals surface area contributed by atoms with Gasteiger partial charge in [-0.3, -0.25) is 4.79 Å². The van der Waals surface area contributed by atoms with E-state index in [1.54, 1.807) is 57.4 Å². The van der Waals surface area contributed by atoms with Crippen LogP contribution in [0.5, 0.6) is 0 Å². The Morgan fingerprint density at radius 1 is 1.35 bits per heavy atom. The van der Waals surface area contributed by atoms with Gasteiger partial charge in [0.2, 0.25) is 5.91 Å². The number of hydrogen-bond acceptors (Lipinski definition) is 4. The molecule has 0 radical (unpaired) electrons. The van der Waals surface area contributed by atoms with Crippen molar-refractivity contribution in [2.24, 2.45) is 0 Å². The lowest BCUT2D eigenvalue weighted by Crippen LogP contribution is -2.41. The number of amides is 2. The molecule has 1 aromatic heterocycles. The van der Waals surface area contributed by atoms with Gasteiger partial charge in [-0.25, -0.2) is 4.79 Å². The van der Waals surface area contributed by atoms with Crippen LogP contribution in [-0.2, 0) is 9.53 Å². The maximum absolute atomic E-state index is 12.7. The highest BCUT2D eigenvalue weighted by Gasteiger charge is 2.26. The van der Waals surface area contributed by atoms with Gasteiger partial charge in [0.05, 0.1) is 11.9 Å². The summed E-state index contributed by atoms with van der Waals surface area (Å²) in [6.07, 6.45) is 2.91. The van der Waals surface area contributed by atoms with Gasteiger partial charge in [0, 0.05) is 24.2 Å². The Bertz CT molecular complexity index is 769. The van der Waals surface area contributed by atoms with E-state index in [1.807, 2.05) is 6.92 Å². The number of anilines is 2. The quantitative estimate of drug-likeness (QED) is 0.799. The average Bonchev–Trinajstić information content (AvgIpc) is 3.02. The molecule has 1 aromatic carbocycles. The lowest BCUT2D eigenvalue weighted by molar-refractivity contribution is -0.115. The lowest BCUT2D eigenvalue weighted by atomic mass is 10.1.